The molecule has 0 saturated heterocycles. The van der Waals surface area contributed by atoms with Gasteiger partial charge < -0.3 is 4.90 Å². The summed E-state index contributed by atoms with van der Waals surface area (Å²) in [4.78, 5) is 14.7. The van der Waals surface area contributed by atoms with Crippen molar-refractivity contribution < 1.29 is 9.18 Å². The van der Waals surface area contributed by atoms with E-state index >= 15 is 0 Å². The van der Waals surface area contributed by atoms with E-state index in [0.717, 1.165) is 24.1 Å². The molecule has 0 fully saturated rings. The standard InChI is InChI=1S/C18H16FNO/c19-16-6-3-7-17-15(16)10-11-20(17)18(21)14-9-8-12-4-1-2-5-13(12)14/h1-7,14H,8-11H2. The van der Waals surface area contributed by atoms with Crippen LogP contribution in [0.1, 0.15) is 29.0 Å². The van der Waals surface area contributed by atoms with Crippen molar-refractivity contribution in [2.45, 2.75) is 25.2 Å². The molecule has 0 saturated carbocycles. The highest BCUT2D eigenvalue weighted by Gasteiger charge is 2.35. The molecule has 2 aromatic carbocycles. The molecule has 3 heteroatoms. The molecule has 4 rings (SSSR count). The molecular weight excluding hydrogens is 265 g/mol. The molecule has 2 aromatic rings. The fraction of sp³-hybridized carbons (Fsp3) is 0.278. The number of carbonyl (C=O) groups excluding carboxylic acids is 1. The largest absolute Gasteiger partial charge is 0.311 e. The number of anilines is 1. The first-order chi connectivity index (χ1) is 10.3. The Hall–Kier alpha value is -2.16. The zero-order valence-corrected chi connectivity index (χ0v) is 11.7. The summed E-state index contributed by atoms with van der Waals surface area (Å²) >= 11 is 0. The Labute approximate surface area is 123 Å². The van der Waals surface area contributed by atoms with E-state index in [0.29, 0.717) is 18.5 Å². The van der Waals surface area contributed by atoms with Crippen LogP contribution in [-0.2, 0) is 17.6 Å². The lowest BCUT2D eigenvalue weighted by molar-refractivity contribution is -0.119. The highest BCUT2D eigenvalue weighted by atomic mass is 19.1. The van der Waals surface area contributed by atoms with Gasteiger partial charge in [-0.15, -0.1) is 0 Å². The summed E-state index contributed by atoms with van der Waals surface area (Å²) < 4.78 is 13.8. The van der Waals surface area contributed by atoms with Gasteiger partial charge in [0.1, 0.15) is 5.82 Å². The van der Waals surface area contributed by atoms with Crippen molar-refractivity contribution in [3.8, 4) is 0 Å². The molecule has 0 aromatic heterocycles. The Bertz CT molecular complexity index is 725. The monoisotopic (exact) mass is 281 g/mol. The third-order valence-corrected chi connectivity index (χ3v) is 4.67. The maximum atomic E-state index is 13.8. The van der Waals surface area contributed by atoms with Gasteiger partial charge in [-0.3, -0.25) is 4.79 Å². The van der Waals surface area contributed by atoms with E-state index in [1.807, 2.05) is 24.3 Å². The molecule has 0 bridgehead atoms. The molecule has 1 unspecified atom stereocenters. The molecule has 0 spiro atoms. The highest BCUT2D eigenvalue weighted by Crippen LogP contribution is 2.38. The number of nitrogens with zero attached hydrogens (tertiary/aromatic N) is 1. The topological polar surface area (TPSA) is 20.3 Å². The van der Waals surface area contributed by atoms with E-state index < -0.39 is 0 Å². The van der Waals surface area contributed by atoms with Gasteiger partial charge >= 0.3 is 0 Å². The molecule has 1 atom stereocenters. The fourth-order valence-electron chi connectivity index (χ4n) is 3.62. The lowest BCUT2D eigenvalue weighted by atomic mass is 10.00. The van der Waals surface area contributed by atoms with Gasteiger partial charge in [0.2, 0.25) is 5.91 Å². The van der Waals surface area contributed by atoms with Gasteiger partial charge in [0.05, 0.1) is 5.92 Å². The van der Waals surface area contributed by atoms with E-state index in [-0.39, 0.29) is 17.6 Å². The number of hydrogen-bond donors (Lipinski definition) is 0. The van der Waals surface area contributed by atoms with Crippen molar-refractivity contribution >= 4 is 11.6 Å². The molecule has 106 valence electrons. The molecule has 21 heavy (non-hydrogen) atoms. The maximum absolute atomic E-state index is 13.8. The highest BCUT2D eigenvalue weighted by molar-refractivity contribution is 6.00. The number of fused-ring (bicyclic) bond motifs is 2. The summed E-state index contributed by atoms with van der Waals surface area (Å²) in [7, 11) is 0. The number of amides is 1. The van der Waals surface area contributed by atoms with Gasteiger partial charge in [0.15, 0.2) is 0 Å². The van der Waals surface area contributed by atoms with Crippen LogP contribution in [0.5, 0.6) is 0 Å². The number of halogens is 1. The third-order valence-electron chi connectivity index (χ3n) is 4.67. The van der Waals surface area contributed by atoms with E-state index in [1.54, 1.807) is 11.0 Å². The predicted octanol–water partition coefficient (Wildman–Crippen LogP) is 3.44. The van der Waals surface area contributed by atoms with Gasteiger partial charge in [0, 0.05) is 17.8 Å². The summed E-state index contributed by atoms with van der Waals surface area (Å²) in [6.07, 6.45) is 2.43. The Balaban J connectivity index is 1.68. The Kier molecular flexibility index (Phi) is 2.81. The Morgan fingerprint density at radius 2 is 1.95 bits per heavy atom. The summed E-state index contributed by atoms with van der Waals surface area (Å²) in [5, 5.41) is 0. The van der Waals surface area contributed by atoms with Crippen molar-refractivity contribution in [2.24, 2.45) is 0 Å². The lowest BCUT2D eigenvalue weighted by Gasteiger charge is -2.22. The Morgan fingerprint density at radius 1 is 1.10 bits per heavy atom. The van der Waals surface area contributed by atoms with Crippen molar-refractivity contribution in [3.63, 3.8) is 0 Å². The van der Waals surface area contributed by atoms with Crippen LogP contribution in [0, 0.1) is 5.82 Å². The van der Waals surface area contributed by atoms with Crippen LogP contribution in [-0.4, -0.2) is 12.5 Å². The van der Waals surface area contributed by atoms with Crippen molar-refractivity contribution in [3.05, 3.63) is 65.0 Å². The van der Waals surface area contributed by atoms with Gasteiger partial charge in [0.25, 0.3) is 0 Å². The van der Waals surface area contributed by atoms with E-state index in [4.69, 9.17) is 0 Å². The molecule has 1 heterocycles. The normalized spacial score (nSPS) is 19.5. The molecule has 1 aliphatic heterocycles. The van der Waals surface area contributed by atoms with Gasteiger partial charge in [-0.1, -0.05) is 30.3 Å². The lowest BCUT2D eigenvalue weighted by Crippen LogP contribution is -2.33. The zero-order valence-electron chi connectivity index (χ0n) is 11.7. The first-order valence-corrected chi connectivity index (χ1v) is 7.42. The van der Waals surface area contributed by atoms with Gasteiger partial charge in [-0.25, -0.2) is 4.39 Å². The molecule has 1 amide bonds. The SMILES string of the molecule is O=C(C1CCc2ccccc21)N1CCc2c(F)cccc21. The van der Waals surface area contributed by atoms with Crippen LogP contribution in [0.3, 0.4) is 0 Å². The molecule has 1 aliphatic carbocycles. The second-order valence-corrected chi connectivity index (χ2v) is 5.77. The van der Waals surface area contributed by atoms with Crippen LogP contribution in [0.15, 0.2) is 42.5 Å². The second kappa shape index (κ2) is 4.69. The molecule has 0 N–H and O–H groups in total. The molecular formula is C18H16FNO. The van der Waals surface area contributed by atoms with E-state index in [2.05, 4.69) is 6.07 Å². The smallest absolute Gasteiger partial charge is 0.234 e. The van der Waals surface area contributed by atoms with Gasteiger partial charge in [-0.2, -0.15) is 0 Å². The van der Waals surface area contributed by atoms with E-state index in [1.165, 1.54) is 11.6 Å². The van der Waals surface area contributed by atoms with Crippen LogP contribution in [0.2, 0.25) is 0 Å². The zero-order chi connectivity index (χ0) is 14.4. The summed E-state index contributed by atoms with van der Waals surface area (Å²) in [6, 6.07) is 13.2. The van der Waals surface area contributed by atoms with Crippen molar-refractivity contribution in [1.29, 1.82) is 0 Å². The third kappa shape index (κ3) is 1.88. The maximum Gasteiger partial charge on any atom is 0.234 e. The average Bonchev–Trinajstić information content (AvgIpc) is 3.11. The van der Waals surface area contributed by atoms with Crippen LogP contribution in [0.25, 0.3) is 0 Å². The fourth-order valence-corrected chi connectivity index (χ4v) is 3.62. The Morgan fingerprint density at radius 3 is 2.86 bits per heavy atom. The van der Waals surface area contributed by atoms with E-state index in [9.17, 15) is 9.18 Å². The molecule has 2 aliphatic rings. The number of carbonyl (C=O) groups is 1. The van der Waals surface area contributed by atoms with Crippen molar-refractivity contribution in [1.82, 2.24) is 0 Å². The first kappa shape index (κ1) is 12.6. The second-order valence-electron chi connectivity index (χ2n) is 5.77. The average molecular weight is 281 g/mol. The quantitative estimate of drug-likeness (QED) is 0.784. The minimum absolute atomic E-state index is 0.0737. The van der Waals surface area contributed by atoms with Crippen LogP contribution < -0.4 is 4.90 Å². The summed E-state index contributed by atoms with van der Waals surface area (Å²) in [6.45, 7) is 0.591. The van der Waals surface area contributed by atoms with Gasteiger partial charge in [-0.05, 0) is 42.5 Å². The van der Waals surface area contributed by atoms with Crippen LogP contribution in [0.4, 0.5) is 10.1 Å². The number of aryl methyl sites for hydroxylation is 1. The first-order valence-electron chi connectivity index (χ1n) is 7.42. The number of hydrogen-bond acceptors (Lipinski definition) is 1. The predicted molar refractivity (Wildman–Crippen MR) is 80.0 cm³/mol. The summed E-state index contributed by atoms with van der Waals surface area (Å²) in [5.41, 5.74) is 3.85. The van der Waals surface area contributed by atoms with Crippen molar-refractivity contribution in [2.75, 3.05) is 11.4 Å². The minimum atomic E-state index is -0.199. The minimum Gasteiger partial charge on any atom is -0.311 e. The van der Waals surface area contributed by atoms with Crippen LogP contribution >= 0.6 is 0 Å². The number of benzene rings is 2. The number of rotatable bonds is 1. The summed E-state index contributed by atoms with van der Waals surface area (Å²) in [5.74, 6) is -0.158. The molecule has 2 nitrogen and oxygen atoms in total. The molecule has 0 radical (unpaired) electrons.